The fourth-order valence-corrected chi connectivity index (χ4v) is 5.12. The molecular formula is C28H33N9O2. The van der Waals surface area contributed by atoms with Gasteiger partial charge in [-0.05, 0) is 62.1 Å². The van der Waals surface area contributed by atoms with Crippen LogP contribution in [-0.2, 0) is 4.74 Å². The highest BCUT2D eigenvalue weighted by atomic mass is 16.5. The van der Waals surface area contributed by atoms with Crippen molar-refractivity contribution < 1.29 is 9.53 Å². The number of nitrogens with one attached hydrogen (secondary N) is 3. The summed E-state index contributed by atoms with van der Waals surface area (Å²) < 4.78 is 7.07. The maximum Gasteiger partial charge on any atom is 0.276 e. The van der Waals surface area contributed by atoms with Gasteiger partial charge in [0.2, 0.25) is 0 Å². The van der Waals surface area contributed by atoms with Crippen molar-refractivity contribution in [1.29, 1.82) is 0 Å². The third-order valence-corrected chi connectivity index (χ3v) is 7.28. The van der Waals surface area contributed by atoms with Crippen molar-refractivity contribution in [2.24, 2.45) is 5.73 Å². The van der Waals surface area contributed by atoms with Crippen LogP contribution in [-0.4, -0.2) is 63.9 Å². The molecule has 0 spiro atoms. The highest BCUT2D eigenvalue weighted by Crippen LogP contribution is 2.28. The smallest absolute Gasteiger partial charge is 0.276 e. The van der Waals surface area contributed by atoms with Crippen molar-refractivity contribution >= 4 is 40.1 Å². The van der Waals surface area contributed by atoms with Gasteiger partial charge in [0.1, 0.15) is 5.82 Å². The molecule has 11 heteroatoms. The van der Waals surface area contributed by atoms with Crippen LogP contribution in [0, 0.1) is 0 Å². The number of imidazole rings is 1. The lowest BCUT2D eigenvalue weighted by molar-refractivity contribution is 0.102. The van der Waals surface area contributed by atoms with Gasteiger partial charge in [-0.3, -0.25) is 9.78 Å². The number of fused-ring (bicyclic) bond motifs is 1. The first kappa shape index (κ1) is 25.1. The second kappa shape index (κ2) is 11.3. The van der Waals surface area contributed by atoms with Gasteiger partial charge in [-0.15, -0.1) is 5.10 Å². The highest BCUT2D eigenvalue weighted by molar-refractivity contribution is 6.03. The van der Waals surface area contributed by atoms with Crippen LogP contribution in [0.25, 0.3) is 5.65 Å². The second-order valence-electron chi connectivity index (χ2n) is 10.0. The lowest BCUT2D eigenvalue weighted by atomic mass is 9.92. The maximum absolute atomic E-state index is 13.2. The third kappa shape index (κ3) is 5.79. The average molecular weight is 528 g/mol. The number of carbonyl (C=O) groups is 1. The number of nitrogens with zero attached hydrogens (tertiary/aromatic N) is 5. The van der Waals surface area contributed by atoms with Crippen molar-refractivity contribution in [2.75, 3.05) is 47.2 Å². The minimum Gasteiger partial charge on any atom is -0.378 e. The maximum atomic E-state index is 13.2. The van der Waals surface area contributed by atoms with Crippen LogP contribution >= 0.6 is 0 Å². The van der Waals surface area contributed by atoms with E-state index < -0.39 is 0 Å². The Morgan fingerprint density at radius 1 is 0.974 bits per heavy atom. The summed E-state index contributed by atoms with van der Waals surface area (Å²) in [5.74, 6) is 0.370. The van der Waals surface area contributed by atoms with E-state index >= 15 is 0 Å². The van der Waals surface area contributed by atoms with Crippen LogP contribution in [0.5, 0.6) is 0 Å². The topological polar surface area (TPSA) is 135 Å². The number of amides is 1. The number of nitrogens with two attached hydrogens (primary N) is 1. The van der Waals surface area contributed by atoms with Crippen LogP contribution in [0.1, 0.15) is 36.2 Å². The Labute approximate surface area is 226 Å². The van der Waals surface area contributed by atoms with E-state index in [1.807, 2.05) is 6.07 Å². The lowest BCUT2D eigenvalue weighted by Crippen LogP contribution is -2.36. The zero-order valence-corrected chi connectivity index (χ0v) is 21.7. The molecule has 3 aromatic heterocycles. The van der Waals surface area contributed by atoms with E-state index in [0.29, 0.717) is 22.8 Å². The van der Waals surface area contributed by atoms with Gasteiger partial charge in [0.25, 0.3) is 5.91 Å². The molecule has 1 aliphatic heterocycles. The Morgan fingerprint density at radius 2 is 1.72 bits per heavy atom. The second-order valence-corrected chi connectivity index (χ2v) is 10.0. The van der Waals surface area contributed by atoms with E-state index in [1.165, 1.54) is 0 Å². The molecule has 0 bridgehead atoms. The van der Waals surface area contributed by atoms with E-state index in [2.05, 4.69) is 55.1 Å². The summed E-state index contributed by atoms with van der Waals surface area (Å²) in [6, 6.07) is 14.3. The van der Waals surface area contributed by atoms with E-state index in [1.54, 1.807) is 35.2 Å². The summed E-state index contributed by atoms with van der Waals surface area (Å²) in [6.07, 6.45) is 8.73. The molecule has 0 radical (unpaired) electrons. The first-order valence-corrected chi connectivity index (χ1v) is 13.4. The molecule has 1 saturated heterocycles. The molecule has 2 aliphatic rings. The monoisotopic (exact) mass is 527 g/mol. The number of anilines is 5. The van der Waals surface area contributed by atoms with Gasteiger partial charge < -0.3 is 31.3 Å². The molecule has 2 fully saturated rings. The molecule has 1 saturated carbocycles. The van der Waals surface area contributed by atoms with Gasteiger partial charge in [0, 0.05) is 60.7 Å². The molecule has 1 aromatic carbocycles. The van der Waals surface area contributed by atoms with Gasteiger partial charge in [-0.1, -0.05) is 0 Å². The Morgan fingerprint density at radius 3 is 2.46 bits per heavy atom. The number of aromatic nitrogens is 4. The molecule has 1 aliphatic carbocycles. The van der Waals surface area contributed by atoms with Gasteiger partial charge in [-0.2, -0.15) is 0 Å². The molecule has 4 aromatic rings. The Bertz CT molecular complexity index is 1410. The molecule has 11 nitrogen and oxygen atoms in total. The number of rotatable bonds is 7. The zero-order valence-electron chi connectivity index (χ0n) is 21.7. The van der Waals surface area contributed by atoms with Crippen molar-refractivity contribution in [1.82, 2.24) is 19.6 Å². The summed E-state index contributed by atoms with van der Waals surface area (Å²) in [5, 5.41) is 14.7. The van der Waals surface area contributed by atoms with Gasteiger partial charge in [0.05, 0.1) is 25.1 Å². The number of pyridine rings is 1. The number of hydrogen-bond donors (Lipinski definition) is 4. The van der Waals surface area contributed by atoms with E-state index in [9.17, 15) is 4.79 Å². The molecule has 4 heterocycles. The predicted octanol–water partition coefficient (Wildman–Crippen LogP) is 3.64. The Balaban J connectivity index is 1.29. The molecule has 0 unspecified atom stereocenters. The zero-order chi connectivity index (χ0) is 26.6. The van der Waals surface area contributed by atoms with E-state index in [0.717, 1.165) is 69.0 Å². The molecular weight excluding hydrogens is 494 g/mol. The summed E-state index contributed by atoms with van der Waals surface area (Å²) in [7, 11) is 0. The van der Waals surface area contributed by atoms with Crippen molar-refractivity contribution in [3.8, 4) is 0 Å². The highest BCUT2D eigenvalue weighted by Gasteiger charge is 2.21. The van der Waals surface area contributed by atoms with Crippen molar-refractivity contribution in [3.63, 3.8) is 0 Å². The number of benzene rings is 1. The first-order valence-electron chi connectivity index (χ1n) is 13.4. The Hall–Kier alpha value is -4.22. The minimum atomic E-state index is -0.303. The van der Waals surface area contributed by atoms with Crippen LogP contribution < -0.4 is 26.6 Å². The van der Waals surface area contributed by atoms with Crippen LogP contribution in [0.15, 0.2) is 61.1 Å². The van der Waals surface area contributed by atoms with Gasteiger partial charge in [0.15, 0.2) is 11.3 Å². The lowest BCUT2D eigenvalue weighted by Gasteiger charge is -2.29. The quantitative estimate of drug-likeness (QED) is 0.284. The summed E-state index contributed by atoms with van der Waals surface area (Å²) in [5.41, 5.74) is 10.5. The molecule has 5 N–H and O–H groups in total. The summed E-state index contributed by atoms with van der Waals surface area (Å²) in [4.78, 5) is 24.1. The molecule has 6 rings (SSSR count). The molecule has 1 amide bonds. The van der Waals surface area contributed by atoms with Crippen LogP contribution in [0.3, 0.4) is 0 Å². The summed E-state index contributed by atoms with van der Waals surface area (Å²) in [6.45, 7) is 3.26. The molecule has 0 atom stereocenters. The average Bonchev–Trinajstić information content (AvgIpc) is 3.40. The standard InChI is InChI=1S/C28H33N9O2/c29-19-1-3-21(4-2-19)33-26-17-24(32-20-5-7-23(8-6-20)36-13-15-39-16-14-36)27-31-18-25(37(27)35-26)28(38)34-22-9-11-30-12-10-22/h5-12,17-19,21,32H,1-4,13-16,29H2,(H,33,35)(H,30,34,38). The SMILES string of the molecule is NC1CCC(Nc2cc(Nc3ccc(N4CCOCC4)cc3)c3ncc(C(=O)Nc4ccncc4)n3n2)CC1. The summed E-state index contributed by atoms with van der Waals surface area (Å²) >= 11 is 0. The largest absolute Gasteiger partial charge is 0.378 e. The fraction of sp³-hybridized carbons (Fsp3) is 0.357. The van der Waals surface area contributed by atoms with Crippen LogP contribution in [0.2, 0.25) is 0 Å². The van der Waals surface area contributed by atoms with Gasteiger partial charge >= 0.3 is 0 Å². The molecule has 202 valence electrons. The minimum absolute atomic E-state index is 0.258. The van der Waals surface area contributed by atoms with E-state index in [-0.39, 0.29) is 18.0 Å². The Kier molecular flexibility index (Phi) is 7.24. The predicted molar refractivity (Wildman–Crippen MR) is 152 cm³/mol. The van der Waals surface area contributed by atoms with Crippen LogP contribution in [0.4, 0.5) is 28.6 Å². The number of morpholine rings is 1. The molecule has 39 heavy (non-hydrogen) atoms. The number of hydrogen-bond acceptors (Lipinski definition) is 9. The van der Waals surface area contributed by atoms with Gasteiger partial charge in [-0.25, -0.2) is 9.50 Å². The number of carbonyl (C=O) groups excluding carboxylic acids is 1. The van der Waals surface area contributed by atoms with Crippen molar-refractivity contribution in [2.45, 2.75) is 37.8 Å². The fourth-order valence-electron chi connectivity index (χ4n) is 5.12. The number of ether oxygens (including phenoxy) is 1. The normalized spacial score (nSPS) is 19.6. The first-order chi connectivity index (χ1) is 19.1. The van der Waals surface area contributed by atoms with E-state index in [4.69, 9.17) is 15.6 Å². The third-order valence-electron chi connectivity index (χ3n) is 7.28. The van der Waals surface area contributed by atoms with Crippen molar-refractivity contribution in [3.05, 3.63) is 66.7 Å².